The second-order valence-electron chi connectivity index (χ2n) is 6.49. The van der Waals surface area contributed by atoms with E-state index in [-0.39, 0.29) is 5.70 Å². The van der Waals surface area contributed by atoms with E-state index in [0.717, 1.165) is 10.1 Å². The highest BCUT2D eigenvalue weighted by atomic mass is 32.2. The average Bonchev–Trinajstić information content (AvgIpc) is 3.13. The minimum atomic E-state index is -1.13. The van der Waals surface area contributed by atoms with Crippen molar-refractivity contribution in [2.75, 3.05) is 5.75 Å². The molecule has 0 saturated carbocycles. The van der Waals surface area contributed by atoms with Crippen molar-refractivity contribution in [2.45, 2.75) is 24.4 Å². The van der Waals surface area contributed by atoms with Gasteiger partial charge in [-0.25, -0.2) is 4.79 Å². The number of nitrogens with two attached hydrogens (primary N) is 1. The number of rotatable bonds is 4. The lowest BCUT2D eigenvalue weighted by molar-refractivity contribution is -0.150. The van der Waals surface area contributed by atoms with Gasteiger partial charge in [-0.1, -0.05) is 18.2 Å². The molecule has 4 N–H and O–H groups in total. The summed E-state index contributed by atoms with van der Waals surface area (Å²) < 4.78 is 0.945. The van der Waals surface area contributed by atoms with Gasteiger partial charge in [0.1, 0.15) is 23.2 Å². The first-order chi connectivity index (χ1) is 12.9. The lowest BCUT2D eigenvalue weighted by Gasteiger charge is -2.49. The highest BCUT2D eigenvalue weighted by Gasteiger charge is 2.53. The number of thiophene rings is 1. The first-order valence-electron chi connectivity index (χ1n) is 8.30. The van der Waals surface area contributed by atoms with Crippen molar-refractivity contribution in [3.8, 4) is 0 Å². The smallest absolute Gasteiger partial charge is 0.352 e. The van der Waals surface area contributed by atoms with E-state index in [1.54, 1.807) is 6.92 Å². The number of fused-ring (bicyclic) bond motifs is 2. The summed E-state index contributed by atoms with van der Waals surface area (Å²) in [6.45, 7) is 1.70. The largest absolute Gasteiger partial charge is 0.477 e. The number of carbonyl (C=O) groups excluding carboxylic acids is 2. The zero-order chi connectivity index (χ0) is 19.3. The van der Waals surface area contributed by atoms with Gasteiger partial charge in [0.25, 0.3) is 5.91 Å². The third-order valence-electron chi connectivity index (χ3n) is 4.79. The standard InChI is InChI=1S/C18H17N3O4S2/c1-8-7-27-17-12(16(23)21(17)13(8)18(24)25)20-15(22)11(19)10-4-2-3-9-5-6-26-14(9)10/h2-6,11-12,17H,7,19H2,1H3,(H,20,22)(H,24,25)/t11?,12-,17+/m1/s1. The molecule has 2 amide bonds. The van der Waals surface area contributed by atoms with Gasteiger partial charge in [-0.05, 0) is 34.9 Å². The van der Waals surface area contributed by atoms with Crippen molar-refractivity contribution in [1.82, 2.24) is 10.2 Å². The van der Waals surface area contributed by atoms with Gasteiger partial charge in [0.15, 0.2) is 0 Å². The van der Waals surface area contributed by atoms with Crippen LogP contribution in [0.4, 0.5) is 0 Å². The monoisotopic (exact) mass is 403 g/mol. The number of thioether (sulfide) groups is 1. The van der Waals surface area contributed by atoms with E-state index in [1.165, 1.54) is 28.0 Å². The topological polar surface area (TPSA) is 113 Å². The van der Waals surface area contributed by atoms with Crippen LogP contribution in [0.1, 0.15) is 18.5 Å². The Hall–Kier alpha value is -2.36. The average molecular weight is 403 g/mol. The second-order valence-corrected chi connectivity index (χ2v) is 8.52. The molecule has 140 valence electrons. The van der Waals surface area contributed by atoms with Crippen molar-refractivity contribution < 1.29 is 19.5 Å². The van der Waals surface area contributed by atoms with Gasteiger partial charge < -0.3 is 16.2 Å². The number of hydrogen-bond donors (Lipinski definition) is 3. The molecule has 1 aromatic carbocycles. The van der Waals surface area contributed by atoms with E-state index in [0.29, 0.717) is 16.9 Å². The van der Waals surface area contributed by atoms with E-state index < -0.39 is 35.2 Å². The normalized spacial score (nSPS) is 23.0. The number of carboxylic acid groups (broad SMARTS) is 1. The van der Waals surface area contributed by atoms with Gasteiger partial charge in [-0.3, -0.25) is 14.5 Å². The lowest BCUT2D eigenvalue weighted by Crippen LogP contribution is -2.71. The molecule has 1 fully saturated rings. The maximum absolute atomic E-state index is 12.7. The van der Waals surface area contributed by atoms with Crippen molar-refractivity contribution in [2.24, 2.45) is 5.73 Å². The molecule has 3 atom stereocenters. The van der Waals surface area contributed by atoms with Crippen LogP contribution in [0.5, 0.6) is 0 Å². The van der Waals surface area contributed by atoms with E-state index >= 15 is 0 Å². The van der Waals surface area contributed by atoms with E-state index in [9.17, 15) is 19.5 Å². The fourth-order valence-electron chi connectivity index (χ4n) is 3.42. The Morgan fingerprint density at radius 3 is 2.89 bits per heavy atom. The van der Waals surface area contributed by atoms with Gasteiger partial charge in [0.05, 0.1) is 0 Å². The van der Waals surface area contributed by atoms with Crippen LogP contribution in [0, 0.1) is 0 Å². The number of aliphatic carboxylic acids is 1. The minimum absolute atomic E-state index is 0.0156. The van der Waals surface area contributed by atoms with Gasteiger partial charge in [-0.2, -0.15) is 0 Å². The highest BCUT2D eigenvalue weighted by Crippen LogP contribution is 2.40. The summed E-state index contributed by atoms with van der Waals surface area (Å²) in [6, 6.07) is 5.90. The predicted molar refractivity (Wildman–Crippen MR) is 104 cm³/mol. The number of carbonyl (C=O) groups is 3. The van der Waals surface area contributed by atoms with E-state index in [2.05, 4.69) is 5.32 Å². The van der Waals surface area contributed by atoms with Gasteiger partial charge in [0, 0.05) is 10.5 Å². The zero-order valence-corrected chi connectivity index (χ0v) is 16.0. The molecule has 0 spiro atoms. The fraction of sp³-hybridized carbons (Fsp3) is 0.278. The van der Waals surface area contributed by atoms with Crippen LogP contribution in [0.2, 0.25) is 0 Å². The summed E-state index contributed by atoms with van der Waals surface area (Å²) >= 11 is 2.95. The van der Waals surface area contributed by atoms with Gasteiger partial charge in [0.2, 0.25) is 5.91 Å². The van der Waals surface area contributed by atoms with Crippen molar-refractivity contribution in [3.05, 3.63) is 46.5 Å². The van der Waals surface area contributed by atoms with Crippen molar-refractivity contribution in [3.63, 3.8) is 0 Å². The number of nitrogens with one attached hydrogen (secondary N) is 1. The maximum Gasteiger partial charge on any atom is 0.352 e. The maximum atomic E-state index is 12.7. The van der Waals surface area contributed by atoms with Crippen molar-refractivity contribution in [1.29, 1.82) is 0 Å². The SMILES string of the molecule is CC1=C(C(=O)O)N2C(=O)[C@@H](NC(=O)C(N)c3cccc4ccsc34)[C@@H]2SC1. The number of carboxylic acids is 1. The van der Waals surface area contributed by atoms with Crippen LogP contribution >= 0.6 is 23.1 Å². The molecule has 1 aromatic heterocycles. The molecule has 2 aliphatic heterocycles. The van der Waals surface area contributed by atoms with Crippen LogP contribution < -0.4 is 11.1 Å². The minimum Gasteiger partial charge on any atom is -0.477 e. The molecule has 2 aliphatic rings. The van der Waals surface area contributed by atoms with Crippen LogP contribution in [0.15, 0.2) is 40.9 Å². The molecule has 27 heavy (non-hydrogen) atoms. The zero-order valence-electron chi connectivity index (χ0n) is 14.3. The first kappa shape index (κ1) is 18.0. The number of β-lactam (4-membered cyclic amide) rings is 1. The quantitative estimate of drug-likeness (QED) is 0.669. The third kappa shape index (κ3) is 2.82. The fourth-order valence-corrected chi connectivity index (χ4v) is 5.67. The van der Waals surface area contributed by atoms with Gasteiger partial charge in [-0.15, -0.1) is 23.1 Å². The molecular formula is C18H17N3O4S2. The first-order valence-corrected chi connectivity index (χ1v) is 10.2. The number of hydrogen-bond acceptors (Lipinski definition) is 6. The molecule has 4 rings (SSSR count). The molecule has 0 bridgehead atoms. The Bertz CT molecular complexity index is 999. The van der Waals surface area contributed by atoms with Gasteiger partial charge >= 0.3 is 5.97 Å². The van der Waals surface area contributed by atoms with Crippen LogP contribution in [-0.4, -0.2) is 45.0 Å². The number of amides is 2. The molecule has 7 nitrogen and oxygen atoms in total. The Kier molecular flexibility index (Phi) is 4.45. The molecule has 3 heterocycles. The molecule has 9 heteroatoms. The number of nitrogens with zero attached hydrogens (tertiary/aromatic N) is 1. The Morgan fingerprint density at radius 2 is 2.15 bits per heavy atom. The molecular weight excluding hydrogens is 386 g/mol. The lowest BCUT2D eigenvalue weighted by atomic mass is 10.0. The molecule has 1 saturated heterocycles. The van der Waals surface area contributed by atoms with Crippen LogP contribution in [-0.2, 0) is 14.4 Å². The Labute approximate surface area is 163 Å². The Morgan fingerprint density at radius 1 is 1.37 bits per heavy atom. The van der Waals surface area contributed by atoms with Crippen LogP contribution in [0.25, 0.3) is 10.1 Å². The molecule has 1 unspecified atom stereocenters. The molecule has 0 radical (unpaired) electrons. The Balaban J connectivity index is 1.52. The highest BCUT2D eigenvalue weighted by molar-refractivity contribution is 8.00. The summed E-state index contributed by atoms with van der Waals surface area (Å²) in [5.41, 5.74) is 7.53. The van der Waals surface area contributed by atoms with E-state index in [1.807, 2.05) is 29.6 Å². The molecule has 0 aliphatic carbocycles. The summed E-state index contributed by atoms with van der Waals surface area (Å²) in [4.78, 5) is 37.9. The molecule has 2 aromatic rings. The second kappa shape index (κ2) is 6.66. The third-order valence-corrected chi connectivity index (χ3v) is 7.19. The summed E-state index contributed by atoms with van der Waals surface area (Å²) in [6.07, 6.45) is 0. The van der Waals surface area contributed by atoms with E-state index in [4.69, 9.17) is 5.73 Å². The number of benzene rings is 1. The summed E-state index contributed by atoms with van der Waals surface area (Å²) in [7, 11) is 0. The van der Waals surface area contributed by atoms with Crippen LogP contribution in [0.3, 0.4) is 0 Å². The predicted octanol–water partition coefficient (Wildman–Crippen LogP) is 1.66. The summed E-state index contributed by atoms with van der Waals surface area (Å²) in [5, 5.41) is 14.6. The van der Waals surface area contributed by atoms with Crippen molar-refractivity contribution >= 4 is 51.0 Å². The summed E-state index contributed by atoms with van der Waals surface area (Å²) in [5.74, 6) is -1.49.